The second-order valence-corrected chi connectivity index (χ2v) is 10.3. The van der Waals surface area contributed by atoms with E-state index in [0.29, 0.717) is 34.2 Å². The number of halogens is 2. The van der Waals surface area contributed by atoms with Crippen LogP contribution in [-0.4, -0.2) is 26.0 Å². The van der Waals surface area contributed by atoms with Gasteiger partial charge in [0.15, 0.2) is 0 Å². The second kappa shape index (κ2) is 12.6. The molecule has 0 aromatic heterocycles. The molecule has 0 saturated carbocycles. The maximum absolute atomic E-state index is 13.4. The van der Waals surface area contributed by atoms with Crippen LogP contribution < -0.4 is 44.7 Å². The Morgan fingerprint density at radius 1 is 1.08 bits per heavy atom. The molecule has 13 heteroatoms. The van der Waals surface area contributed by atoms with Crippen molar-refractivity contribution in [3.63, 3.8) is 0 Å². The Balaban J connectivity index is 0.00000420. The van der Waals surface area contributed by atoms with Gasteiger partial charge in [0.05, 0.1) is 22.8 Å². The van der Waals surface area contributed by atoms with Gasteiger partial charge in [-0.2, -0.15) is 13.5 Å². The number of hydrogen-bond donors (Lipinski definition) is 2. The van der Waals surface area contributed by atoms with Crippen molar-refractivity contribution < 1.29 is 57.2 Å². The molecule has 4 rings (SSSR count). The van der Waals surface area contributed by atoms with Gasteiger partial charge in [0.1, 0.15) is 16.3 Å². The van der Waals surface area contributed by atoms with Crippen LogP contribution in [0.3, 0.4) is 0 Å². The summed E-state index contributed by atoms with van der Waals surface area (Å²) < 4.78 is 38.3. The fraction of sp³-hybridized carbons (Fsp3) is 0.115. The molecule has 0 bridgehead atoms. The fourth-order valence-corrected chi connectivity index (χ4v) is 5.06. The van der Waals surface area contributed by atoms with Crippen LogP contribution in [-0.2, 0) is 16.5 Å². The number of carbonyl (C=O) groups is 1. The number of ether oxygens (including phenoxy) is 1. The Hall–Kier alpha value is -2.70. The summed E-state index contributed by atoms with van der Waals surface area (Å²) >= 11 is 12.3. The number of hydrogen-bond acceptors (Lipinski definition) is 7. The number of rotatable bonds is 7. The largest absolute Gasteiger partial charge is 1.00 e. The van der Waals surface area contributed by atoms with Gasteiger partial charge in [-0.25, -0.2) is 0 Å². The van der Waals surface area contributed by atoms with Crippen LogP contribution in [0.5, 0.6) is 11.5 Å². The van der Waals surface area contributed by atoms with Crippen molar-refractivity contribution in [1.29, 1.82) is 0 Å². The van der Waals surface area contributed by atoms with E-state index in [2.05, 4.69) is 15.5 Å². The van der Waals surface area contributed by atoms with Gasteiger partial charge in [0.2, 0.25) is 0 Å². The summed E-state index contributed by atoms with van der Waals surface area (Å²) in [5, 5.41) is 25.1. The van der Waals surface area contributed by atoms with Gasteiger partial charge in [0, 0.05) is 16.6 Å². The summed E-state index contributed by atoms with van der Waals surface area (Å²) in [4.78, 5) is 12.6. The molecule has 0 fully saturated rings. The van der Waals surface area contributed by atoms with E-state index in [4.69, 9.17) is 27.9 Å². The van der Waals surface area contributed by atoms with Crippen LogP contribution in [0, 0.1) is 0 Å². The minimum Gasteiger partial charge on any atom is -0.870 e. The zero-order valence-electron chi connectivity index (χ0n) is 21.0. The van der Waals surface area contributed by atoms with Gasteiger partial charge in [-0.15, -0.1) is 5.11 Å². The van der Waals surface area contributed by atoms with Crippen LogP contribution in [0.1, 0.15) is 22.8 Å². The molecule has 0 aliphatic rings. The normalized spacial score (nSPS) is 11.4. The smallest absolute Gasteiger partial charge is 0.870 e. The fourth-order valence-electron chi connectivity index (χ4n) is 3.73. The Labute approximate surface area is 256 Å². The van der Waals surface area contributed by atoms with E-state index < -0.39 is 26.7 Å². The number of fused-ring (bicyclic) bond motifs is 1. The minimum atomic E-state index is -4.64. The average molecular weight is 596 g/mol. The molecule has 39 heavy (non-hydrogen) atoms. The molecule has 9 nitrogen and oxygen atoms in total. The number of anilines is 1. The first kappa shape index (κ1) is 30.8. The van der Waals surface area contributed by atoms with E-state index >= 15 is 0 Å². The first-order chi connectivity index (χ1) is 18.0. The van der Waals surface area contributed by atoms with Gasteiger partial charge < -0.3 is 15.2 Å². The number of methoxy groups -OCH3 is 1. The van der Waals surface area contributed by atoms with E-state index in [1.54, 1.807) is 43.3 Å². The molecule has 0 unspecified atom stereocenters. The zero-order valence-corrected chi connectivity index (χ0v) is 25.4. The quantitative estimate of drug-likeness (QED) is 0.189. The number of aryl methyl sites for hydroxylation is 1. The molecular formula is C26H20Cl2N3NaO6S. The number of carbonyl (C=O) groups excluding carboxylic acids is 1. The van der Waals surface area contributed by atoms with Gasteiger partial charge >= 0.3 is 29.6 Å². The topological polar surface area (TPSA) is 140 Å². The summed E-state index contributed by atoms with van der Waals surface area (Å²) in [5.41, 5.74) is 0.459. The molecule has 0 aliphatic heterocycles. The molecule has 0 heterocycles. The molecule has 4 aromatic rings. The SMILES string of the molecule is CCc1cc(N=Nc2c([O-])c(C(=O)Nc3ccc(OC)c(Cl)c3)cc3ccccc23)c(Cl)c(S(=O)(=O)O)c1.[Na+]. The van der Waals surface area contributed by atoms with Gasteiger partial charge in [0.25, 0.3) is 16.0 Å². The number of nitrogens with zero attached hydrogens (tertiary/aromatic N) is 2. The first-order valence-electron chi connectivity index (χ1n) is 11.1. The summed E-state index contributed by atoms with van der Waals surface area (Å²) in [6.45, 7) is 1.78. The Morgan fingerprint density at radius 2 is 1.79 bits per heavy atom. The van der Waals surface area contributed by atoms with Crippen LogP contribution in [0.4, 0.5) is 17.1 Å². The Bertz CT molecular complexity index is 1710. The van der Waals surface area contributed by atoms with Crippen molar-refractivity contribution in [2.24, 2.45) is 10.2 Å². The van der Waals surface area contributed by atoms with Crippen LogP contribution in [0.25, 0.3) is 10.8 Å². The first-order valence-corrected chi connectivity index (χ1v) is 13.3. The third kappa shape index (κ3) is 6.72. The van der Waals surface area contributed by atoms with E-state index in [0.717, 1.165) is 0 Å². The summed E-state index contributed by atoms with van der Waals surface area (Å²) in [6, 6.07) is 15.6. The van der Waals surface area contributed by atoms with Crippen LogP contribution in [0.2, 0.25) is 10.0 Å². The maximum atomic E-state index is 13.4. The molecule has 0 radical (unpaired) electrons. The molecule has 0 spiro atoms. The number of nitrogens with one attached hydrogen (secondary N) is 1. The standard InChI is InChI=1S/C26H21Cl2N3O6S.Na/c1-3-14-10-20(23(28)22(11-14)38(34,35)36)30-31-24-17-7-5-4-6-15(17)12-18(25(24)32)26(33)29-16-8-9-21(37-2)19(27)13-16;/h4-13,32H,3H2,1-2H3,(H,29,33)(H,34,35,36);/q;+1/p-1. The van der Waals surface area contributed by atoms with Crippen molar-refractivity contribution >= 4 is 67.1 Å². The second-order valence-electron chi connectivity index (χ2n) is 8.08. The molecule has 0 saturated heterocycles. The zero-order chi connectivity index (χ0) is 27.6. The van der Waals surface area contributed by atoms with E-state index in [9.17, 15) is 22.9 Å². The molecular weight excluding hydrogens is 576 g/mol. The summed E-state index contributed by atoms with van der Waals surface area (Å²) in [5.74, 6) is -0.981. The maximum Gasteiger partial charge on any atom is 1.00 e. The predicted octanol–water partition coefficient (Wildman–Crippen LogP) is 3.71. The number of amides is 1. The van der Waals surface area contributed by atoms with E-state index in [1.807, 2.05) is 0 Å². The van der Waals surface area contributed by atoms with Crippen molar-refractivity contribution in [3.05, 3.63) is 81.8 Å². The monoisotopic (exact) mass is 595 g/mol. The van der Waals surface area contributed by atoms with E-state index in [1.165, 1.54) is 31.4 Å². The van der Waals surface area contributed by atoms with Crippen LogP contribution >= 0.6 is 23.2 Å². The van der Waals surface area contributed by atoms with Gasteiger partial charge in [-0.1, -0.05) is 60.1 Å². The van der Waals surface area contributed by atoms with Crippen LogP contribution in [0.15, 0.2) is 75.8 Å². The molecule has 196 valence electrons. The molecule has 1 amide bonds. The summed E-state index contributed by atoms with van der Waals surface area (Å²) in [7, 11) is -3.17. The Morgan fingerprint density at radius 3 is 2.44 bits per heavy atom. The minimum absolute atomic E-state index is 0. The number of benzene rings is 4. The third-order valence-corrected chi connectivity index (χ3v) is 7.34. The molecule has 0 aliphatic carbocycles. The van der Waals surface area contributed by atoms with E-state index in [-0.39, 0.29) is 56.5 Å². The Kier molecular flexibility index (Phi) is 10.0. The van der Waals surface area contributed by atoms with Crippen molar-refractivity contribution in [3.8, 4) is 11.5 Å². The molecule has 2 N–H and O–H groups in total. The summed E-state index contributed by atoms with van der Waals surface area (Å²) in [6.07, 6.45) is 0.420. The number of azo groups is 1. The van der Waals surface area contributed by atoms with Gasteiger partial charge in [-0.3, -0.25) is 9.35 Å². The van der Waals surface area contributed by atoms with Gasteiger partial charge in [-0.05, 0) is 53.8 Å². The van der Waals surface area contributed by atoms with Crippen molar-refractivity contribution in [2.75, 3.05) is 12.4 Å². The third-order valence-electron chi connectivity index (χ3n) is 5.65. The predicted molar refractivity (Wildman–Crippen MR) is 144 cm³/mol. The van der Waals surface area contributed by atoms with Crippen molar-refractivity contribution in [2.45, 2.75) is 18.2 Å². The van der Waals surface area contributed by atoms with Crippen molar-refractivity contribution in [1.82, 2.24) is 0 Å². The molecule has 4 aromatic carbocycles. The molecule has 0 atom stereocenters. The average Bonchev–Trinajstić information content (AvgIpc) is 2.88.